The number of hydrogen-bond donors (Lipinski definition) is 1. The largest absolute Gasteiger partial charge is 0.385 e. The molecule has 0 aromatic heterocycles. The lowest BCUT2D eigenvalue weighted by molar-refractivity contribution is 0.273. The summed E-state index contributed by atoms with van der Waals surface area (Å²) < 4.78 is 0. The van der Waals surface area contributed by atoms with Crippen LogP contribution in [0.15, 0.2) is 18.2 Å². The molecule has 128 valence electrons. The zero-order chi connectivity index (χ0) is 16.1. The zero-order valence-corrected chi connectivity index (χ0v) is 15.4. The van der Waals surface area contributed by atoms with Gasteiger partial charge in [-0.25, -0.2) is 0 Å². The Hall–Kier alpha value is -0.690. The third kappa shape index (κ3) is 4.66. The first-order valence-electron chi connectivity index (χ1n) is 9.77. The van der Waals surface area contributed by atoms with Crippen molar-refractivity contribution in [3.63, 3.8) is 0 Å². The Kier molecular flexibility index (Phi) is 6.28. The fourth-order valence-corrected chi connectivity index (χ4v) is 4.77. The van der Waals surface area contributed by atoms with Crippen LogP contribution in [0.4, 0.5) is 5.69 Å². The number of rotatable bonds is 5. The Bertz CT molecular complexity index is 487. The molecule has 2 saturated carbocycles. The summed E-state index contributed by atoms with van der Waals surface area (Å²) in [6.45, 7) is 3.53. The molecule has 0 radical (unpaired) electrons. The van der Waals surface area contributed by atoms with Gasteiger partial charge in [0.2, 0.25) is 0 Å². The summed E-state index contributed by atoms with van der Waals surface area (Å²) in [4.78, 5) is 0. The Morgan fingerprint density at radius 2 is 1.65 bits per heavy atom. The molecular formula is C21H32ClN. The van der Waals surface area contributed by atoms with Crippen LogP contribution in [0.5, 0.6) is 0 Å². The monoisotopic (exact) mass is 333 g/mol. The molecule has 1 unspecified atom stereocenters. The van der Waals surface area contributed by atoms with Crippen LogP contribution >= 0.6 is 11.6 Å². The van der Waals surface area contributed by atoms with Gasteiger partial charge in [-0.05, 0) is 54.4 Å². The molecule has 1 aromatic carbocycles. The number of hydrogen-bond acceptors (Lipinski definition) is 1. The molecule has 0 bridgehead atoms. The van der Waals surface area contributed by atoms with Gasteiger partial charge >= 0.3 is 0 Å². The maximum Gasteiger partial charge on any atom is 0.0410 e. The van der Waals surface area contributed by atoms with E-state index in [4.69, 9.17) is 11.6 Å². The van der Waals surface area contributed by atoms with Gasteiger partial charge in [0.25, 0.3) is 0 Å². The van der Waals surface area contributed by atoms with E-state index in [1.54, 1.807) is 0 Å². The van der Waals surface area contributed by atoms with Crippen LogP contribution in [0, 0.1) is 11.8 Å². The fraction of sp³-hybridized carbons (Fsp3) is 0.714. The zero-order valence-electron chi connectivity index (χ0n) is 14.6. The predicted molar refractivity (Wildman–Crippen MR) is 102 cm³/mol. The molecule has 1 N–H and O–H groups in total. The molecular weight excluding hydrogens is 302 g/mol. The summed E-state index contributed by atoms with van der Waals surface area (Å²) >= 11 is 6.29. The Balaban J connectivity index is 1.64. The Labute approximate surface area is 147 Å². The second-order valence-electron chi connectivity index (χ2n) is 7.82. The van der Waals surface area contributed by atoms with Gasteiger partial charge in [-0.3, -0.25) is 0 Å². The first kappa shape index (κ1) is 17.1. The quantitative estimate of drug-likeness (QED) is 0.610. The average Bonchev–Trinajstić information content (AvgIpc) is 2.62. The molecule has 2 aliphatic rings. The van der Waals surface area contributed by atoms with Crippen molar-refractivity contribution in [3.8, 4) is 0 Å². The Morgan fingerprint density at radius 3 is 2.35 bits per heavy atom. The third-order valence-electron chi connectivity index (χ3n) is 6.13. The van der Waals surface area contributed by atoms with Gasteiger partial charge in [-0.1, -0.05) is 69.9 Å². The van der Waals surface area contributed by atoms with E-state index in [1.165, 1.54) is 75.5 Å². The van der Waals surface area contributed by atoms with E-state index < -0.39 is 0 Å². The molecule has 3 rings (SSSR count). The van der Waals surface area contributed by atoms with Crippen molar-refractivity contribution in [1.82, 2.24) is 0 Å². The normalized spacial score (nSPS) is 22.0. The third-order valence-corrected chi connectivity index (χ3v) is 6.36. The summed E-state index contributed by atoms with van der Waals surface area (Å²) in [7, 11) is 0. The van der Waals surface area contributed by atoms with E-state index in [9.17, 15) is 0 Å². The van der Waals surface area contributed by atoms with Crippen molar-refractivity contribution in [3.05, 3.63) is 28.8 Å². The highest BCUT2D eigenvalue weighted by Crippen LogP contribution is 2.38. The van der Waals surface area contributed by atoms with Gasteiger partial charge < -0.3 is 5.32 Å². The van der Waals surface area contributed by atoms with Crippen LogP contribution in [-0.4, -0.2) is 6.54 Å². The standard InChI is InChI=1S/C21H32ClN/c1-16(17-8-4-2-5-9-17)15-23-21-13-12-19(22)14-20(21)18-10-6-3-7-11-18/h12-14,16-18,23H,2-11,15H2,1H3. The number of halogens is 1. The second-order valence-corrected chi connectivity index (χ2v) is 8.26. The minimum atomic E-state index is 0.704. The van der Waals surface area contributed by atoms with E-state index in [-0.39, 0.29) is 0 Å². The van der Waals surface area contributed by atoms with Gasteiger partial charge in [0.1, 0.15) is 0 Å². The molecule has 0 aliphatic heterocycles. The molecule has 0 amide bonds. The van der Waals surface area contributed by atoms with E-state index in [1.807, 2.05) is 6.07 Å². The lowest BCUT2D eigenvalue weighted by atomic mass is 9.80. The van der Waals surface area contributed by atoms with Crippen molar-refractivity contribution >= 4 is 17.3 Å². The minimum Gasteiger partial charge on any atom is -0.385 e. The van der Waals surface area contributed by atoms with Crippen molar-refractivity contribution in [2.45, 2.75) is 77.0 Å². The van der Waals surface area contributed by atoms with Crippen LogP contribution < -0.4 is 5.32 Å². The van der Waals surface area contributed by atoms with E-state index in [0.717, 1.165) is 23.4 Å². The Morgan fingerprint density at radius 1 is 1.00 bits per heavy atom. The highest BCUT2D eigenvalue weighted by atomic mass is 35.5. The van der Waals surface area contributed by atoms with Crippen molar-refractivity contribution in [2.24, 2.45) is 11.8 Å². The maximum atomic E-state index is 6.29. The highest BCUT2D eigenvalue weighted by Gasteiger charge is 2.22. The predicted octanol–water partition coefficient (Wildman–Crippen LogP) is 7.02. The fourth-order valence-electron chi connectivity index (χ4n) is 4.59. The molecule has 1 aromatic rings. The van der Waals surface area contributed by atoms with E-state index in [0.29, 0.717) is 5.92 Å². The SMILES string of the molecule is CC(CNc1ccc(Cl)cc1C1CCCCC1)C1CCCCC1. The van der Waals surface area contributed by atoms with Gasteiger partial charge in [-0.15, -0.1) is 0 Å². The van der Waals surface area contributed by atoms with E-state index in [2.05, 4.69) is 24.4 Å². The second kappa shape index (κ2) is 8.42. The lowest BCUT2D eigenvalue weighted by Crippen LogP contribution is -2.23. The van der Waals surface area contributed by atoms with Crippen molar-refractivity contribution < 1.29 is 0 Å². The smallest absolute Gasteiger partial charge is 0.0410 e. The number of nitrogens with one attached hydrogen (secondary N) is 1. The molecule has 0 saturated heterocycles. The van der Waals surface area contributed by atoms with Gasteiger partial charge in [-0.2, -0.15) is 0 Å². The molecule has 23 heavy (non-hydrogen) atoms. The van der Waals surface area contributed by atoms with Gasteiger partial charge in [0.05, 0.1) is 0 Å². The van der Waals surface area contributed by atoms with Gasteiger partial charge in [0, 0.05) is 17.3 Å². The minimum absolute atomic E-state index is 0.704. The maximum absolute atomic E-state index is 6.29. The molecule has 2 fully saturated rings. The van der Waals surface area contributed by atoms with Crippen LogP contribution in [-0.2, 0) is 0 Å². The summed E-state index contributed by atoms with van der Waals surface area (Å²) in [5, 5.41) is 4.66. The van der Waals surface area contributed by atoms with Gasteiger partial charge in [0.15, 0.2) is 0 Å². The topological polar surface area (TPSA) is 12.0 Å². The average molecular weight is 334 g/mol. The van der Waals surface area contributed by atoms with Crippen LogP contribution in [0.3, 0.4) is 0 Å². The first-order valence-corrected chi connectivity index (χ1v) is 10.1. The number of benzene rings is 1. The molecule has 1 atom stereocenters. The summed E-state index contributed by atoms with van der Waals surface area (Å²) in [5.74, 6) is 2.39. The van der Waals surface area contributed by atoms with Crippen molar-refractivity contribution in [2.75, 3.05) is 11.9 Å². The number of anilines is 1. The van der Waals surface area contributed by atoms with Crippen LogP contribution in [0.1, 0.15) is 82.6 Å². The lowest BCUT2D eigenvalue weighted by Gasteiger charge is -2.29. The summed E-state index contributed by atoms with van der Waals surface area (Å²) in [6.07, 6.45) is 14.0. The summed E-state index contributed by atoms with van der Waals surface area (Å²) in [6, 6.07) is 6.46. The molecule has 2 aliphatic carbocycles. The molecule has 2 heteroatoms. The molecule has 0 heterocycles. The van der Waals surface area contributed by atoms with Crippen molar-refractivity contribution in [1.29, 1.82) is 0 Å². The summed E-state index contributed by atoms with van der Waals surface area (Å²) in [5.41, 5.74) is 2.80. The molecule has 1 nitrogen and oxygen atoms in total. The van der Waals surface area contributed by atoms with Crippen LogP contribution in [0.25, 0.3) is 0 Å². The van der Waals surface area contributed by atoms with Crippen LogP contribution in [0.2, 0.25) is 5.02 Å². The van der Waals surface area contributed by atoms with E-state index >= 15 is 0 Å². The highest BCUT2D eigenvalue weighted by molar-refractivity contribution is 6.30. The first-order chi connectivity index (χ1) is 11.2. The molecule has 0 spiro atoms.